The summed E-state index contributed by atoms with van der Waals surface area (Å²) in [7, 11) is 1.60. The molecule has 7 heteroatoms. The molecular formula is C27H32N4O3. The number of aromatic nitrogens is 2. The average molecular weight is 461 g/mol. The van der Waals surface area contributed by atoms with Crippen molar-refractivity contribution in [1.29, 1.82) is 0 Å². The lowest BCUT2D eigenvalue weighted by molar-refractivity contribution is -0.121. The molecule has 3 heterocycles. The minimum atomic E-state index is -0.161. The Morgan fingerprint density at radius 3 is 2.59 bits per heavy atom. The lowest BCUT2D eigenvalue weighted by atomic mass is 9.76. The van der Waals surface area contributed by atoms with Gasteiger partial charge in [-0.15, -0.1) is 0 Å². The summed E-state index contributed by atoms with van der Waals surface area (Å²) >= 11 is 0. The van der Waals surface area contributed by atoms with Crippen molar-refractivity contribution in [2.24, 2.45) is 0 Å². The molecule has 1 amide bonds. The van der Waals surface area contributed by atoms with Gasteiger partial charge in [0.25, 0.3) is 0 Å². The van der Waals surface area contributed by atoms with E-state index >= 15 is 0 Å². The largest absolute Gasteiger partial charge is 0.493 e. The maximum absolute atomic E-state index is 13.4. The van der Waals surface area contributed by atoms with Crippen LogP contribution in [-0.4, -0.2) is 46.7 Å². The molecule has 1 fully saturated rings. The molecule has 0 radical (unpaired) electrons. The average Bonchev–Trinajstić information content (AvgIpc) is 3.16. The fourth-order valence-electron chi connectivity index (χ4n) is 6.47. The lowest BCUT2D eigenvalue weighted by Gasteiger charge is -2.43. The first kappa shape index (κ1) is 21.5. The molecular weight excluding hydrogens is 428 g/mol. The molecule has 7 nitrogen and oxygen atoms in total. The number of nitrogens with one attached hydrogen (secondary N) is 1. The molecule has 2 aromatic carbocycles. The van der Waals surface area contributed by atoms with Gasteiger partial charge < -0.3 is 10.1 Å². The predicted octanol–water partition coefficient (Wildman–Crippen LogP) is 3.59. The summed E-state index contributed by atoms with van der Waals surface area (Å²) < 4.78 is 9.53. The fraction of sp³-hybridized carbons (Fsp3) is 0.481. The normalized spacial score (nSPS) is 22.9. The first-order chi connectivity index (χ1) is 16.7. The molecule has 2 atom stereocenters. The number of fused-ring (bicyclic) bond motifs is 1. The monoisotopic (exact) mass is 460 g/mol. The summed E-state index contributed by atoms with van der Waals surface area (Å²) in [5, 5.41) is 2.64. The molecule has 0 saturated carbocycles. The van der Waals surface area contributed by atoms with Crippen molar-refractivity contribution in [3.8, 4) is 5.75 Å². The van der Waals surface area contributed by atoms with Crippen LogP contribution in [0.2, 0.25) is 0 Å². The molecule has 3 aliphatic rings. The molecule has 1 saturated heterocycles. The van der Waals surface area contributed by atoms with E-state index in [1.807, 2.05) is 28.8 Å². The van der Waals surface area contributed by atoms with Gasteiger partial charge in [-0.1, -0.05) is 24.3 Å². The molecule has 0 bridgehead atoms. The summed E-state index contributed by atoms with van der Waals surface area (Å²) in [4.78, 5) is 28.1. The van der Waals surface area contributed by atoms with Crippen molar-refractivity contribution in [2.75, 3.05) is 26.7 Å². The summed E-state index contributed by atoms with van der Waals surface area (Å²) in [6.07, 6.45) is 5.40. The molecule has 0 spiro atoms. The number of carbonyl (C=O) groups excluding carboxylic acids is 1. The quantitative estimate of drug-likeness (QED) is 0.646. The molecule has 1 aromatic heterocycles. The molecule has 3 aromatic rings. The molecule has 2 unspecified atom stereocenters. The number of benzene rings is 2. The zero-order valence-corrected chi connectivity index (χ0v) is 19.7. The van der Waals surface area contributed by atoms with E-state index in [-0.39, 0.29) is 24.2 Å². The number of rotatable bonds is 4. The molecule has 1 N–H and O–H groups in total. The Morgan fingerprint density at radius 2 is 1.79 bits per heavy atom. The van der Waals surface area contributed by atoms with Crippen LogP contribution in [0.1, 0.15) is 61.2 Å². The van der Waals surface area contributed by atoms with Crippen LogP contribution in [-0.2, 0) is 11.3 Å². The molecule has 178 valence electrons. The number of likely N-dealkylation sites (tertiary alicyclic amines) is 1. The Kier molecular flexibility index (Phi) is 5.44. The Labute approximate surface area is 199 Å². The Balaban J connectivity index is 1.26. The minimum absolute atomic E-state index is 0.0477. The Morgan fingerprint density at radius 1 is 1.00 bits per heavy atom. The van der Waals surface area contributed by atoms with E-state index in [9.17, 15) is 9.59 Å². The second kappa shape index (κ2) is 8.62. The van der Waals surface area contributed by atoms with Crippen LogP contribution >= 0.6 is 0 Å². The van der Waals surface area contributed by atoms with Gasteiger partial charge in [-0.2, -0.15) is 0 Å². The Hall–Kier alpha value is -3.06. The SMILES string of the molecule is CNC(=O)Cn1c(=O)n(C2CCN(C3CCC4CCOc5cccc3c54)CC2)c2ccccc21. The molecule has 2 aliphatic heterocycles. The van der Waals surface area contributed by atoms with Gasteiger partial charge in [-0.3, -0.25) is 18.8 Å². The number of amides is 1. The van der Waals surface area contributed by atoms with Gasteiger partial charge in [0.05, 0.1) is 17.6 Å². The van der Waals surface area contributed by atoms with Crippen LogP contribution in [0.25, 0.3) is 11.0 Å². The van der Waals surface area contributed by atoms with Crippen molar-refractivity contribution in [3.05, 3.63) is 64.1 Å². The summed E-state index contributed by atoms with van der Waals surface area (Å²) in [5.41, 5.74) is 4.56. The van der Waals surface area contributed by atoms with E-state index in [2.05, 4.69) is 28.4 Å². The summed E-state index contributed by atoms with van der Waals surface area (Å²) in [6.45, 7) is 2.81. The molecule has 34 heavy (non-hydrogen) atoms. The zero-order chi connectivity index (χ0) is 23.2. The highest BCUT2D eigenvalue weighted by molar-refractivity contribution is 5.80. The minimum Gasteiger partial charge on any atom is -0.493 e. The number of hydrogen-bond donors (Lipinski definition) is 1. The topological polar surface area (TPSA) is 68.5 Å². The van der Waals surface area contributed by atoms with E-state index in [1.165, 1.54) is 24.0 Å². The van der Waals surface area contributed by atoms with Crippen LogP contribution in [0.4, 0.5) is 0 Å². The van der Waals surface area contributed by atoms with Crippen molar-refractivity contribution in [2.45, 2.75) is 56.7 Å². The van der Waals surface area contributed by atoms with E-state index < -0.39 is 0 Å². The predicted molar refractivity (Wildman–Crippen MR) is 131 cm³/mol. The van der Waals surface area contributed by atoms with Gasteiger partial charge >= 0.3 is 5.69 Å². The number of ether oxygens (including phenoxy) is 1. The first-order valence-corrected chi connectivity index (χ1v) is 12.6. The second-order valence-corrected chi connectivity index (χ2v) is 9.85. The van der Waals surface area contributed by atoms with Crippen LogP contribution in [0.3, 0.4) is 0 Å². The number of carbonyl (C=O) groups is 1. The van der Waals surface area contributed by atoms with Crippen LogP contribution in [0.15, 0.2) is 47.3 Å². The third-order valence-electron chi connectivity index (χ3n) is 8.13. The van der Waals surface area contributed by atoms with Crippen molar-refractivity contribution in [1.82, 2.24) is 19.4 Å². The highest BCUT2D eigenvalue weighted by Crippen LogP contribution is 2.48. The van der Waals surface area contributed by atoms with E-state index in [0.717, 1.165) is 55.7 Å². The fourth-order valence-corrected chi connectivity index (χ4v) is 6.47. The van der Waals surface area contributed by atoms with Crippen molar-refractivity contribution in [3.63, 3.8) is 0 Å². The van der Waals surface area contributed by atoms with Gasteiger partial charge in [0, 0.05) is 37.8 Å². The smallest absolute Gasteiger partial charge is 0.329 e. The van der Waals surface area contributed by atoms with Crippen molar-refractivity contribution >= 4 is 16.9 Å². The third kappa shape index (κ3) is 3.45. The van der Waals surface area contributed by atoms with Gasteiger partial charge in [0.15, 0.2) is 0 Å². The van der Waals surface area contributed by atoms with Gasteiger partial charge in [0.2, 0.25) is 5.91 Å². The third-order valence-corrected chi connectivity index (χ3v) is 8.13. The molecule has 1 aliphatic carbocycles. The van der Waals surface area contributed by atoms with E-state index in [0.29, 0.717) is 12.0 Å². The van der Waals surface area contributed by atoms with Crippen molar-refractivity contribution < 1.29 is 9.53 Å². The van der Waals surface area contributed by atoms with Gasteiger partial charge in [-0.25, -0.2) is 4.79 Å². The van der Waals surface area contributed by atoms with Crippen LogP contribution in [0, 0.1) is 0 Å². The highest BCUT2D eigenvalue weighted by atomic mass is 16.5. The number of imidazole rings is 1. The van der Waals surface area contributed by atoms with Crippen LogP contribution < -0.4 is 15.7 Å². The highest BCUT2D eigenvalue weighted by Gasteiger charge is 2.36. The number of para-hydroxylation sites is 2. The zero-order valence-electron chi connectivity index (χ0n) is 19.7. The first-order valence-electron chi connectivity index (χ1n) is 12.6. The maximum atomic E-state index is 13.4. The summed E-state index contributed by atoms with van der Waals surface area (Å²) in [6, 6.07) is 15.0. The number of piperidine rings is 1. The van der Waals surface area contributed by atoms with E-state index in [4.69, 9.17) is 4.74 Å². The molecule has 6 rings (SSSR count). The lowest BCUT2D eigenvalue weighted by Crippen LogP contribution is -2.41. The maximum Gasteiger partial charge on any atom is 0.329 e. The van der Waals surface area contributed by atoms with Crippen LogP contribution in [0.5, 0.6) is 5.75 Å². The number of likely N-dealkylation sites (N-methyl/N-ethyl adjacent to an activating group) is 1. The number of nitrogens with zero attached hydrogens (tertiary/aromatic N) is 3. The Bertz CT molecular complexity index is 1280. The summed E-state index contributed by atoms with van der Waals surface area (Å²) in [5.74, 6) is 1.56. The second-order valence-electron chi connectivity index (χ2n) is 9.85. The number of hydrogen-bond acceptors (Lipinski definition) is 4. The van der Waals surface area contributed by atoms with E-state index in [1.54, 1.807) is 11.6 Å². The standard InChI is InChI=1S/C27H32N4O3/c1-28-25(32)17-30-22-6-2-3-7-23(22)31(27(30)33)19-11-14-29(15-12-19)21-10-9-18-13-16-34-24-8-4-5-20(21)26(18)24/h2-8,18-19,21H,9-17H2,1H3,(H,28,32). The van der Waals surface area contributed by atoms with Gasteiger partial charge in [0.1, 0.15) is 12.3 Å². The van der Waals surface area contributed by atoms with Gasteiger partial charge in [-0.05, 0) is 61.8 Å².